The van der Waals surface area contributed by atoms with Gasteiger partial charge in [0, 0.05) is 32.9 Å². The molecule has 2 aromatic rings. The van der Waals surface area contributed by atoms with Crippen molar-refractivity contribution in [1.82, 2.24) is 29.4 Å². The fraction of sp³-hybridized carbons (Fsp3) is 0.720. The van der Waals surface area contributed by atoms with Crippen molar-refractivity contribution in [3.05, 3.63) is 23.0 Å². The van der Waals surface area contributed by atoms with Crippen molar-refractivity contribution in [3.63, 3.8) is 0 Å². The van der Waals surface area contributed by atoms with E-state index in [9.17, 15) is 4.79 Å². The van der Waals surface area contributed by atoms with E-state index in [4.69, 9.17) is 11.6 Å². The average molecular weight is 475 g/mol. The number of hydrogen-bond donors (Lipinski definition) is 0. The molecule has 2 saturated heterocycles. The van der Waals surface area contributed by atoms with E-state index in [1.54, 1.807) is 11.7 Å². The number of amides is 1. The molecule has 182 valence electrons. The van der Waals surface area contributed by atoms with Gasteiger partial charge >= 0.3 is 0 Å². The van der Waals surface area contributed by atoms with Crippen molar-refractivity contribution in [2.45, 2.75) is 66.3 Å². The Kier molecular flexibility index (Phi) is 6.92. The molecular weight excluding hydrogens is 436 g/mol. The highest BCUT2D eigenvalue weighted by atomic mass is 35.5. The van der Waals surface area contributed by atoms with Gasteiger partial charge in [-0.15, -0.1) is 0 Å². The molecule has 0 bridgehead atoms. The van der Waals surface area contributed by atoms with Crippen LogP contribution in [0.4, 0.5) is 0 Å². The molecule has 0 N–H and O–H groups in total. The van der Waals surface area contributed by atoms with Gasteiger partial charge < -0.3 is 9.80 Å². The van der Waals surface area contributed by atoms with Crippen molar-refractivity contribution in [1.29, 1.82) is 0 Å². The minimum Gasteiger partial charge on any atom is -0.338 e. The predicted octanol–water partition coefficient (Wildman–Crippen LogP) is 4.71. The highest BCUT2D eigenvalue weighted by molar-refractivity contribution is 6.33. The number of aryl methyl sites for hydroxylation is 2. The summed E-state index contributed by atoms with van der Waals surface area (Å²) in [4.78, 5) is 18.2. The van der Waals surface area contributed by atoms with Gasteiger partial charge in [-0.3, -0.25) is 14.2 Å². The maximum atomic E-state index is 13.6. The van der Waals surface area contributed by atoms with Gasteiger partial charge in [0.15, 0.2) is 0 Å². The first-order valence-corrected chi connectivity index (χ1v) is 12.8. The SMILES string of the molecule is CCn1ccc(-c2nn(C)c(Cl)c2C(=O)N2CCC3(CCN(CCC(C)(C)C)CC3)CC2)n1. The summed E-state index contributed by atoms with van der Waals surface area (Å²) < 4.78 is 3.42. The molecule has 2 aliphatic rings. The largest absolute Gasteiger partial charge is 0.338 e. The zero-order valence-electron chi connectivity index (χ0n) is 20.9. The Bertz CT molecular complexity index is 970. The van der Waals surface area contributed by atoms with Crippen LogP contribution in [-0.2, 0) is 13.6 Å². The maximum Gasteiger partial charge on any atom is 0.259 e. The van der Waals surface area contributed by atoms with Gasteiger partial charge in [0.25, 0.3) is 5.91 Å². The normalized spacial score (nSPS) is 19.4. The van der Waals surface area contributed by atoms with Crippen LogP contribution in [0.3, 0.4) is 0 Å². The molecule has 7 nitrogen and oxygen atoms in total. The number of piperidine rings is 2. The fourth-order valence-electron chi connectivity index (χ4n) is 5.12. The minimum absolute atomic E-state index is 0.0217. The summed E-state index contributed by atoms with van der Waals surface area (Å²) in [6.45, 7) is 14.9. The number of likely N-dealkylation sites (tertiary alicyclic amines) is 2. The van der Waals surface area contributed by atoms with Gasteiger partial charge in [-0.2, -0.15) is 10.2 Å². The highest BCUT2D eigenvalue weighted by Gasteiger charge is 2.39. The number of carbonyl (C=O) groups is 1. The second kappa shape index (κ2) is 9.41. The van der Waals surface area contributed by atoms with E-state index >= 15 is 0 Å². The van der Waals surface area contributed by atoms with Gasteiger partial charge in [0.1, 0.15) is 22.1 Å². The molecule has 2 aromatic heterocycles. The van der Waals surface area contributed by atoms with Gasteiger partial charge in [0.05, 0.1) is 0 Å². The third kappa shape index (κ3) is 5.29. The molecule has 1 spiro atoms. The van der Waals surface area contributed by atoms with E-state index in [1.807, 2.05) is 28.8 Å². The van der Waals surface area contributed by atoms with Crippen LogP contribution in [-0.4, -0.2) is 68.0 Å². The van der Waals surface area contributed by atoms with Gasteiger partial charge in [-0.05, 0) is 75.6 Å². The van der Waals surface area contributed by atoms with Crippen LogP contribution in [0.2, 0.25) is 5.15 Å². The van der Waals surface area contributed by atoms with Crippen molar-refractivity contribution in [3.8, 4) is 11.4 Å². The molecule has 0 aromatic carbocycles. The summed E-state index contributed by atoms with van der Waals surface area (Å²) in [5.41, 5.74) is 2.53. The number of aromatic nitrogens is 4. The minimum atomic E-state index is -0.0217. The third-order valence-electron chi connectivity index (χ3n) is 7.60. The standard InChI is InChI=1S/C25H39ClN6O/c1-6-32-13-7-19(27-32)21-20(22(26)29(5)28-21)23(33)31-17-11-25(12-18-31)9-15-30(16-10-25)14-8-24(2,3)4/h7,13H,6,8-12,14-18H2,1-5H3. The molecule has 0 aliphatic carbocycles. The molecule has 2 aliphatic heterocycles. The third-order valence-corrected chi connectivity index (χ3v) is 8.04. The summed E-state index contributed by atoms with van der Waals surface area (Å²) in [5.74, 6) is -0.0217. The molecule has 4 rings (SSSR count). The molecule has 0 saturated carbocycles. The summed E-state index contributed by atoms with van der Waals surface area (Å²) in [6.07, 6.45) is 7.78. The second-order valence-electron chi connectivity index (χ2n) is 11.1. The summed E-state index contributed by atoms with van der Waals surface area (Å²) in [6, 6.07) is 1.90. The molecule has 2 fully saturated rings. The van der Waals surface area contributed by atoms with E-state index in [2.05, 4.69) is 35.9 Å². The number of hydrogen-bond acceptors (Lipinski definition) is 4. The zero-order valence-corrected chi connectivity index (χ0v) is 21.7. The maximum absolute atomic E-state index is 13.6. The Morgan fingerprint density at radius 1 is 1.09 bits per heavy atom. The quantitative estimate of drug-likeness (QED) is 0.629. The number of carbonyl (C=O) groups excluding carboxylic acids is 1. The Hall–Kier alpha value is -1.86. The van der Waals surface area contributed by atoms with Crippen LogP contribution in [0.15, 0.2) is 12.3 Å². The first kappa shape index (κ1) is 24.3. The molecule has 0 unspecified atom stereocenters. The number of halogens is 1. The Morgan fingerprint density at radius 3 is 2.30 bits per heavy atom. The van der Waals surface area contributed by atoms with Crippen molar-refractivity contribution in [2.75, 3.05) is 32.7 Å². The van der Waals surface area contributed by atoms with Gasteiger partial charge in [-0.1, -0.05) is 32.4 Å². The first-order valence-electron chi connectivity index (χ1n) is 12.4. The van der Waals surface area contributed by atoms with Crippen molar-refractivity contribution in [2.24, 2.45) is 17.9 Å². The van der Waals surface area contributed by atoms with Crippen molar-refractivity contribution >= 4 is 17.5 Å². The number of rotatable bonds is 5. The topological polar surface area (TPSA) is 59.2 Å². The van der Waals surface area contributed by atoms with Crippen LogP contribution in [0.5, 0.6) is 0 Å². The molecule has 33 heavy (non-hydrogen) atoms. The van der Waals surface area contributed by atoms with Crippen LogP contribution in [0.25, 0.3) is 11.4 Å². The lowest BCUT2D eigenvalue weighted by Gasteiger charge is -2.47. The predicted molar refractivity (Wildman–Crippen MR) is 132 cm³/mol. The number of nitrogens with zero attached hydrogens (tertiary/aromatic N) is 6. The molecule has 8 heteroatoms. The van der Waals surface area contributed by atoms with Crippen LogP contribution in [0.1, 0.15) is 70.2 Å². The molecule has 1 amide bonds. The van der Waals surface area contributed by atoms with Gasteiger partial charge in [0.2, 0.25) is 0 Å². The highest BCUT2D eigenvalue weighted by Crippen LogP contribution is 2.42. The lowest BCUT2D eigenvalue weighted by atomic mass is 9.71. The Labute approximate surface area is 203 Å². The summed E-state index contributed by atoms with van der Waals surface area (Å²) in [5, 5.41) is 9.46. The van der Waals surface area contributed by atoms with Crippen LogP contribution < -0.4 is 0 Å². The zero-order chi connectivity index (χ0) is 23.8. The average Bonchev–Trinajstić information content (AvgIpc) is 3.37. The van der Waals surface area contributed by atoms with E-state index in [-0.39, 0.29) is 5.91 Å². The van der Waals surface area contributed by atoms with Crippen LogP contribution in [0, 0.1) is 10.8 Å². The van der Waals surface area contributed by atoms with E-state index in [0.29, 0.717) is 32.9 Å². The monoisotopic (exact) mass is 474 g/mol. The van der Waals surface area contributed by atoms with Gasteiger partial charge in [-0.25, -0.2) is 0 Å². The van der Waals surface area contributed by atoms with Crippen LogP contribution >= 0.6 is 11.6 Å². The van der Waals surface area contributed by atoms with E-state index < -0.39 is 0 Å². The molecule has 0 radical (unpaired) electrons. The summed E-state index contributed by atoms with van der Waals surface area (Å²) in [7, 11) is 1.78. The Balaban J connectivity index is 1.40. The first-order chi connectivity index (χ1) is 15.6. The smallest absolute Gasteiger partial charge is 0.259 e. The van der Waals surface area contributed by atoms with E-state index in [1.165, 1.54) is 38.9 Å². The van der Waals surface area contributed by atoms with E-state index in [0.717, 1.165) is 32.5 Å². The lowest BCUT2D eigenvalue weighted by molar-refractivity contribution is 0.0283. The summed E-state index contributed by atoms with van der Waals surface area (Å²) >= 11 is 6.55. The van der Waals surface area contributed by atoms with Crippen molar-refractivity contribution < 1.29 is 4.79 Å². The molecule has 0 atom stereocenters. The molecule has 4 heterocycles. The fourth-order valence-corrected chi connectivity index (χ4v) is 5.33. The molecular formula is C25H39ClN6O. The lowest BCUT2D eigenvalue weighted by Crippen LogP contribution is -2.48. The Morgan fingerprint density at radius 2 is 1.73 bits per heavy atom. The second-order valence-corrected chi connectivity index (χ2v) is 11.5.